The smallest absolute Gasteiger partial charge is 0.155 e. The van der Waals surface area contributed by atoms with E-state index in [4.69, 9.17) is 4.98 Å². The molecule has 1 N–H and O–H groups in total. The number of fused-ring (bicyclic) bond motifs is 2. The van der Waals surface area contributed by atoms with Crippen molar-refractivity contribution < 1.29 is 5.11 Å². The molecule has 7 heteroatoms. The summed E-state index contributed by atoms with van der Waals surface area (Å²) in [5.74, 6) is 1.02. The lowest BCUT2D eigenvalue weighted by Gasteiger charge is -2.40. The van der Waals surface area contributed by atoms with Crippen molar-refractivity contribution in [2.24, 2.45) is 5.41 Å². The first-order valence-corrected chi connectivity index (χ1v) is 10.2. The van der Waals surface area contributed by atoms with Gasteiger partial charge in [0.1, 0.15) is 10.1 Å². The molecular formula is C20H22BrN5O. The Morgan fingerprint density at radius 2 is 2.00 bits per heavy atom. The predicted octanol–water partition coefficient (Wildman–Crippen LogP) is 3.07. The highest BCUT2D eigenvalue weighted by atomic mass is 79.9. The summed E-state index contributed by atoms with van der Waals surface area (Å²) in [5.41, 5.74) is 5.81. The van der Waals surface area contributed by atoms with Gasteiger partial charge >= 0.3 is 0 Å². The maximum atomic E-state index is 9.62. The molecule has 6 nitrogen and oxygen atoms in total. The van der Waals surface area contributed by atoms with Crippen LogP contribution in [-0.2, 0) is 19.4 Å². The molecule has 2 aliphatic rings. The Bertz CT molecular complexity index is 1020. The van der Waals surface area contributed by atoms with Crippen molar-refractivity contribution in [1.82, 2.24) is 19.6 Å². The van der Waals surface area contributed by atoms with Gasteiger partial charge in [-0.15, -0.1) is 0 Å². The van der Waals surface area contributed by atoms with Gasteiger partial charge in [-0.2, -0.15) is 5.10 Å². The number of rotatable bonds is 2. The number of aliphatic hydroxyl groups excluding tert-OH is 1. The molecule has 1 fully saturated rings. The van der Waals surface area contributed by atoms with E-state index < -0.39 is 0 Å². The Morgan fingerprint density at radius 3 is 2.78 bits per heavy atom. The molecule has 1 aliphatic heterocycles. The lowest BCUT2D eigenvalue weighted by atomic mass is 9.76. The third kappa shape index (κ3) is 2.67. The van der Waals surface area contributed by atoms with Crippen LogP contribution in [0, 0.1) is 12.3 Å². The molecule has 0 atom stereocenters. The largest absolute Gasteiger partial charge is 0.390 e. The Kier molecular flexibility index (Phi) is 3.98. The molecule has 0 amide bonds. The Labute approximate surface area is 166 Å². The van der Waals surface area contributed by atoms with Gasteiger partial charge in [0, 0.05) is 19.3 Å². The number of aliphatic hydroxyl groups is 1. The summed E-state index contributed by atoms with van der Waals surface area (Å²) in [6.07, 6.45) is 8.05. The molecule has 140 valence electrons. The number of aryl methyl sites for hydroxylation is 1. The molecule has 0 bridgehead atoms. The van der Waals surface area contributed by atoms with E-state index >= 15 is 0 Å². The van der Waals surface area contributed by atoms with Crippen molar-refractivity contribution in [3.05, 3.63) is 51.6 Å². The topological polar surface area (TPSA) is 66.5 Å². The van der Waals surface area contributed by atoms with Gasteiger partial charge in [0.05, 0.1) is 24.2 Å². The molecule has 0 radical (unpaired) electrons. The van der Waals surface area contributed by atoms with Gasteiger partial charge in [-0.05, 0) is 77.2 Å². The van der Waals surface area contributed by atoms with Crippen LogP contribution in [-0.4, -0.2) is 37.8 Å². The molecule has 0 aromatic carbocycles. The molecule has 27 heavy (non-hydrogen) atoms. The first-order valence-electron chi connectivity index (χ1n) is 9.41. The number of halogens is 1. The summed E-state index contributed by atoms with van der Waals surface area (Å²) >= 11 is 3.59. The third-order valence-corrected chi connectivity index (χ3v) is 7.17. The first-order chi connectivity index (χ1) is 13.1. The van der Waals surface area contributed by atoms with Crippen molar-refractivity contribution in [2.75, 3.05) is 18.0 Å². The van der Waals surface area contributed by atoms with Crippen LogP contribution in [0.3, 0.4) is 0 Å². The van der Waals surface area contributed by atoms with Crippen molar-refractivity contribution in [2.45, 2.75) is 39.2 Å². The second-order valence-electron chi connectivity index (χ2n) is 7.83. The average Bonchev–Trinajstić information content (AvgIpc) is 3.30. The van der Waals surface area contributed by atoms with E-state index in [0.717, 1.165) is 66.1 Å². The van der Waals surface area contributed by atoms with Crippen LogP contribution in [0.1, 0.15) is 35.4 Å². The van der Waals surface area contributed by atoms with Crippen LogP contribution in [0.25, 0.3) is 5.52 Å². The summed E-state index contributed by atoms with van der Waals surface area (Å²) in [7, 11) is 0. The SMILES string of the molecule is Cc1nc(N2CCC3(CC2)Cc2ccnc(CO)c2C3)c2ccnn2c1Br. The Balaban J connectivity index is 1.41. The number of piperidine rings is 1. The van der Waals surface area contributed by atoms with Crippen molar-refractivity contribution in [3.63, 3.8) is 0 Å². The number of pyridine rings is 1. The molecular weight excluding hydrogens is 406 g/mol. The number of nitrogens with zero attached hydrogens (tertiary/aromatic N) is 5. The summed E-state index contributed by atoms with van der Waals surface area (Å²) in [5, 5.41) is 14.0. The summed E-state index contributed by atoms with van der Waals surface area (Å²) < 4.78 is 2.84. The molecule has 1 aliphatic carbocycles. The van der Waals surface area contributed by atoms with E-state index in [0.29, 0.717) is 5.41 Å². The van der Waals surface area contributed by atoms with Gasteiger partial charge in [-0.1, -0.05) is 0 Å². The monoisotopic (exact) mass is 427 g/mol. The van der Waals surface area contributed by atoms with E-state index in [9.17, 15) is 5.11 Å². The van der Waals surface area contributed by atoms with Gasteiger partial charge in [0.2, 0.25) is 0 Å². The predicted molar refractivity (Wildman–Crippen MR) is 107 cm³/mol. The van der Waals surface area contributed by atoms with Gasteiger partial charge in [-0.3, -0.25) is 4.98 Å². The van der Waals surface area contributed by atoms with Crippen molar-refractivity contribution >= 4 is 27.3 Å². The zero-order valence-corrected chi connectivity index (χ0v) is 16.9. The summed E-state index contributed by atoms with van der Waals surface area (Å²) in [6, 6.07) is 4.16. The van der Waals surface area contributed by atoms with E-state index in [-0.39, 0.29) is 6.61 Å². The Morgan fingerprint density at radius 1 is 1.19 bits per heavy atom. The van der Waals surface area contributed by atoms with E-state index in [2.05, 4.69) is 37.0 Å². The van der Waals surface area contributed by atoms with Crippen molar-refractivity contribution in [1.29, 1.82) is 0 Å². The molecule has 1 saturated heterocycles. The quantitative estimate of drug-likeness (QED) is 0.680. The number of hydrogen-bond acceptors (Lipinski definition) is 5. The standard InChI is InChI=1S/C20H22BrN5O/c1-13-18(21)26-17(3-7-23-26)19(24-13)25-8-4-20(5-9-25)10-14-2-6-22-16(12-27)15(14)11-20/h2-3,6-7,27H,4-5,8-12H2,1H3. The fourth-order valence-corrected chi connectivity index (χ4v) is 5.14. The highest BCUT2D eigenvalue weighted by molar-refractivity contribution is 9.10. The zero-order chi connectivity index (χ0) is 18.6. The fraction of sp³-hybridized carbons (Fsp3) is 0.450. The van der Waals surface area contributed by atoms with Crippen LogP contribution in [0.15, 0.2) is 29.1 Å². The van der Waals surface area contributed by atoms with Gasteiger partial charge < -0.3 is 10.0 Å². The zero-order valence-electron chi connectivity index (χ0n) is 15.3. The number of hydrogen-bond donors (Lipinski definition) is 1. The average molecular weight is 428 g/mol. The van der Waals surface area contributed by atoms with E-state index in [1.807, 2.05) is 29.9 Å². The summed E-state index contributed by atoms with van der Waals surface area (Å²) in [4.78, 5) is 11.6. The van der Waals surface area contributed by atoms with Gasteiger partial charge in [0.25, 0.3) is 0 Å². The lowest BCUT2D eigenvalue weighted by molar-refractivity contribution is 0.230. The minimum Gasteiger partial charge on any atom is -0.390 e. The Hall–Kier alpha value is -1.99. The highest BCUT2D eigenvalue weighted by Crippen LogP contribution is 2.46. The van der Waals surface area contributed by atoms with Crippen molar-refractivity contribution in [3.8, 4) is 0 Å². The van der Waals surface area contributed by atoms with Crippen LogP contribution < -0.4 is 4.90 Å². The maximum absolute atomic E-state index is 9.62. The van der Waals surface area contributed by atoms with E-state index in [1.54, 1.807) is 0 Å². The van der Waals surface area contributed by atoms with Crippen LogP contribution in [0.4, 0.5) is 5.82 Å². The van der Waals surface area contributed by atoms with E-state index in [1.165, 1.54) is 11.1 Å². The normalized spacial score (nSPS) is 18.4. The third-order valence-electron chi connectivity index (χ3n) is 6.26. The molecule has 3 aromatic rings. The molecule has 3 aromatic heterocycles. The fourth-order valence-electron chi connectivity index (χ4n) is 4.76. The van der Waals surface area contributed by atoms with Crippen LogP contribution in [0.2, 0.25) is 0 Å². The molecule has 1 spiro atoms. The second kappa shape index (κ2) is 6.27. The summed E-state index contributed by atoms with van der Waals surface area (Å²) in [6.45, 7) is 4.03. The lowest BCUT2D eigenvalue weighted by Crippen LogP contribution is -2.41. The molecule has 0 saturated carbocycles. The minimum absolute atomic E-state index is 0.0344. The molecule has 4 heterocycles. The maximum Gasteiger partial charge on any atom is 0.155 e. The van der Waals surface area contributed by atoms with Crippen LogP contribution >= 0.6 is 15.9 Å². The minimum atomic E-state index is 0.0344. The van der Waals surface area contributed by atoms with Gasteiger partial charge in [0.15, 0.2) is 5.82 Å². The number of aromatic nitrogens is 4. The molecule has 0 unspecified atom stereocenters. The van der Waals surface area contributed by atoms with Crippen LogP contribution in [0.5, 0.6) is 0 Å². The number of anilines is 1. The van der Waals surface area contributed by atoms with Gasteiger partial charge in [-0.25, -0.2) is 9.50 Å². The first kappa shape index (κ1) is 17.1. The highest BCUT2D eigenvalue weighted by Gasteiger charge is 2.41. The molecule has 5 rings (SSSR count). The second-order valence-corrected chi connectivity index (χ2v) is 8.59.